The number of nitrogens with zero attached hydrogens (tertiary/aromatic N) is 2. The number of ether oxygens (including phenoxy) is 2. The molecule has 0 aliphatic heterocycles. The van der Waals surface area contributed by atoms with Crippen molar-refractivity contribution in [1.29, 1.82) is 0 Å². The van der Waals surface area contributed by atoms with Crippen LogP contribution in [0.1, 0.15) is 27.0 Å². The maximum Gasteiger partial charge on any atom is 0.514 e. The number of benzene rings is 1. The minimum atomic E-state index is -3.52. The third kappa shape index (κ3) is 3.58. The lowest BCUT2D eigenvalue weighted by molar-refractivity contribution is 0.102. The molecule has 0 bridgehead atoms. The summed E-state index contributed by atoms with van der Waals surface area (Å²) >= 11 is 6.27. The first-order valence-corrected chi connectivity index (χ1v) is 9.58. The Morgan fingerprint density at radius 3 is 2.38 bits per heavy atom. The Balaban J connectivity index is 2.61. The van der Waals surface area contributed by atoms with Gasteiger partial charge in [0.2, 0.25) is 11.7 Å². The van der Waals surface area contributed by atoms with Gasteiger partial charge in [-0.15, -0.1) is 0 Å². The van der Waals surface area contributed by atoms with Gasteiger partial charge in [-0.2, -0.15) is 5.10 Å². The van der Waals surface area contributed by atoms with Crippen LogP contribution in [0.25, 0.3) is 0 Å². The third-order valence-electron chi connectivity index (χ3n) is 3.72. The highest BCUT2D eigenvalue weighted by atomic mass is 35.5. The molecule has 0 spiro atoms. The normalized spacial score (nSPS) is 11.3. The fourth-order valence-corrected chi connectivity index (χ4v) is 4.24. The van der Waals surface area contributed by atoms with Gasteiger partial charge in [-0.1, -0.05) is 11.6 Å². The lowest BCUT2D eigenvalue weighted by Gasteiger charge is -2.13. The fraction of sp³-hybridized carbons (Fsp3) is 0.312. The molecule has 0 aliphatic carbocycles. The molecule has 0 radical (unpaired) electrons. The van der Waals surface area contributed by atoms with Crippen LogP contribution in [0, 0.1) is 13.8 Å². The summed E-state index contributed by atoms with van der Waals surface area (Å²) in [5.74, 6) is -0.673. The summed E-state index contributed by atoms with van der Waals surface area (Å²) in [6.45, 7) is 3.10. The van der Waals surface area contributed by atoms with Crippen molar-refractivity contribution in [3.05, 3.63) is 39.5 Å². The number of hydrogen-bond donors (Lipinski definition) is 0. The molecule has 10 heteroatoms. The molecule has 1 aromatic heterocycles. The van der Waals surface area contributed by atoms with Crippen LogP contribution in [-0.4, -0.2) is 43.5 Å². The molecule has 0 amide bonds. The smallest absolute Gasteiger partial charge is 0.437 e. The van der Waals surface area contributed by atoms with Crippen LogP contribution in [-0.2, 0) is 21.6 Å². The highest BCUT2D eigenvalue weighted by Crippen LogP contribution is 2.33. The largest absolute Gasteiger partial charge is 0.514 e. The van der Waals surface area contributed by atoms with Gasteiger partial charge in [-0.25, -0.2) is 17.9 Å². The molecule has 26 heavy (non-hydrogen) atoms. The highest BCUT2D eigenvalue weighted by molar-refractivity contribution is 7.90. The zero-order valence-electron chi connectivity index (χ0n) is 14.8. The zero-order chi connectivity index (χ0) is 19.8. The maximum absolute atomic E-state index is 12.9. The molecule has 0 fully saturated rings. The fourth-order valence-electron chi connectivity index (χ4n) is 2.65. The van der Waals surface area contributed by atoms with E-state index in [4.69, 9.17) is 16.3 Å². The van der Waals surface area contributed by atoms with Gasteiger partial charge in [-0.05, 0) is 31.0 Å². The molecule has 0 N–H and O–H groups in total. The molecule has 0 unspecified atom stereocenters. The van der Waals surface area contributed by atoms with Crippen LogP contribution >= 0.6 is 11.6 Å². The summed E-state index contributed by atoms with van der Waals surface area (Å²) in [6.07, 6.45) is 1.30. The van der Waals surface area contributed by atoms with Crippen molar-refractivity contribution in [3.63, 3.8) is 0 Å². The lowest BCUT2D eigenvalue weighted by Crippen LogP contribution is -2.14. The monoisotopic (exact) mass is 400 g/mol. The van der Waals surface area contributed by atoms with E-state index >= 15 is 0 Å². The number of rotatable bonds is 4. The average molecular weight is 401 g/mol. The second kappa shape index (κ2) is 7.08. The minimum Gasteiger partial charge on any atom is -0.437 e. The van der Waals surface area contributed by atoms with Crippen LogP contribution in [0.5, 0.6) is 5.88 Å². The van der Waals surface area contributed by atoms with Gasteiger partial charge in [0.15, 0.2) is 9.84 Å². The predicted octanol–water partition coefficient (Wildman–Crippen LogP) is 2.47. The first-order valence-electron chi connectivity index (χ1n) is 7.31. The summed E-state index contributed by atoms with van der Waals surface area (Å²) in [5.41, 5.74) is 0.733. The van der Waals surface area contributed by atoms with Gasteiger partial charge in [0, 0.05) is 18.9 Å². The molecular formula is C16H17ClN2O6S. The molecule has 0 saturated carbocycles. The van der Waals surface area contributed by atoms with Gasteiger partial charge in [0.1, 0.15) is 5.56 Å². The number of hydrogen-bond acceptors (Lipinski definition) is 7. The Morgan fingerprint density at radius 2 is 1.85 bits per heavy atom. The van der Waals surface area contributed by atoms with Gasteiger partial charge < -0.3 is 9.47 Å². The van der Waals surface area contributed by atoms with Crippen LogP contribution in [0.3, 0.4) is 0 Å². The number of methoxy groups -OCH3 is 1. The highest BCUT2D eigenvalue weighted by Gasteiger charge is 2.27. The average Bonchev–Trinajstić information content (AvgIpc) is 2.89. The zero-order valence-corrected chi connectivity index (χ0v) is 16.4. The van der Waals surface area contributed by atoms with E-state index in [2.05, 4.69) is 9.84 Å². The van der Waals surface area contributed by atoms with E-state index in [1.165, 1.54) is 30.9 Å². The summed E-state index contributed by atoms with van der Waals surface area (Å²) in [6, 6.07) is 1.39. The molecule has 1 aromatic carbocycles. The van der Waals surface area contributed by atoms with E-state index < -0.39 is 21.8 Å². The van der Waals surface area contributed by atoms with Crippen molar-refractivity contribution in [1.82, 2.24) is 9.78 Å². The number of halogens is 1. The molecule has 1 heterocycles. The van der Waals surface area contributed by atoms with Gasteiger partial charge in [0.05, 0.1) is 23.2 Å². The van der Waals surface area contributed by atoms with E-state index in [9.17, 15) is 18.0 Å². The van der Waals surface area contributed by atoms with Crippen molar-refractivity contribution in [2.75, 3.05) is 13.4 Å². The Labute approximate surface area is 155 Å². The molecule has 2 aromatic rings. The summed E-state index contributed by atoms with van der Waals surface area (Å²) < 4.78 is 34.5. The van der Waals surface area contributed by atoms with Gasteiger partial charge in [-0.3, -0.25) is 4.79 Å². The van der Waals surface area contributed by atoms with Crippen LogP contribution in [0.4, 0.5) is 4.79 Å². The van der Waals surface area contributed by atoms with Crippen molar-refractivity contribution in [2.45, 2.75) is 18.7 Å². The third-order valence-corrected chi connectivity index (χ3v) is 5.57. The SMILES string of the molecule is COC(=O)Oc1c(C(=O)c2cc(C)c(S(C)(=O)=O)c(C)c2Cl)cnn1C. The van der Waals surface area contributed by atoms with E-state index in [0.717, 1.165) is 13.4 Å². The molecule has 2 rings (SSSR count). The second-order valence-electron chi connectivity index (χ2n) is 5.65. The quantitative estimate of drug-likeness (QED) is 0.573. The number of sulfone groups is 1. The predicted molar refractivity (Wildman–Crippen MR) is 93.7 cm³/mol. The van der Waals surface area contributed by atoms with E-state index in [0.29, 0.717) is 5.56 Å². The number of aromatic nitrogens is 2. The Morgan fingerprint density at radius 1 is 1.23 bits per heavy atom. The van der Waals surface area contributed by atoms with Gasteiger partial charge >= 0.3 is 6.16 Å². The first-order chi connectivity index (χ1) is 12.0. The van der Waals surface area contributed by atoms with Crippen LogP contribution in [0.2, 0.25) is 5.02 Å². The van der Waals surface area contributed by atoms with Crippen molar-refractivity contribution >= 4 is 33.4 Å². The van der Waals surface area contributed by atoms with Crippen LogP contribution in [0.15, 0.2) is 17.2 Å². The Hall–Kier alpha value is -2.39. The number of carbonyl (C=O) groups excluding carboxylic acids is 2. The Bertz CT molecular complexity index is 1010. The molecular weight excluding hydrogens is 384 g/mol. The van der Waals surface area contributed by atoms with E-state index in [1.807, 2.05) is 0 Å². The van der Waals surface area contributed by atoms with Crippen molar-refractivity contribution in [2.24, 2.45) is 7.05 Å². The van der Waals surface area contributed by atoms with Crippen molar-refractivity contribution < 1.29 is 27.5 Å². The number of aryl methyl sites for hydroxylation is 2. The molecule has 0 atom stereocenters. The minimum absolute atomic E-state index is 0.00824. The second-order valence-corrected chi connectivity index (χ2v) is 7.98. The van der Waals surface area contributed by atoms with Crippen molar-refractivity contribution in [3.8, 4) is 5.88 Å². The number of carbonyl (C=O) groups is 2. The Kier molecular flexibility index (Phi) is 5.43. The molecule has 0 saturated heterocycles. The summed E-state index contributed by atoms with van der Waals surface area (Å²) in [5, 5.41) is 3.91. The lowest BCUT2D eigenvalue weighted by atomic mass is 10.0. The maximum atomic E-state index is 12.9. The molecule has 0 aliphatic rings. The molecule has 140 valence electrons. The summed E-state index contributed by atoms with van der Waals surface area (Å²) in [7, 11) is -0.897. The topological polar surface area (TPSA) is 105 Å². The number of ketones is 1. The van der Waals surface area contributed by atoms with Crippen LogP contribution < -0.4 is 4.74 Å². The molecule has 8 nitrogen and oxygen atoms in total. The standard InChI is InChI=1S/C16H17ClN2O6S/c1-8-6-10(12(17)9(2)14(8)26(5,22)23)13(20)11-7-18-19(3)15(11)25-16(21)24-4/h6-7H,1-5H3. The van der Waals surface area contributed by atoms with E-state index in [1.54, 1.807) is 6.92 Å². The first kappa shape index (κ1) is 19.9. The van der Waals surface area contributed by atoms with E-state index in [-0.39, 0.29) is 32.5 Å². The van der Waals surface area contributed by atoms with Gasteiger partial charge in [0.25, 0.3) is 0 Å². The summed E-state index contributed by atoms with van der Waals surface area (Å²) in [4.78, 5) is 24.4.